The van der Waals surface area contributed by atoms with E-state index in [-0.39, 0.29) is 23.7 Å². The summed E-state index contributed by atoms with van der Waals surface area (Å²) in [6.07, 6.45) is -3.17. The molecule has 3 aromatic rings. The molecule has 2 aromatic carbocycles. The van der Waals surface area contributed by atoms with Gasteiger partial charge in [-0.2, -0.15) is 18.3 Å². The normalized spacial score (nSPS) is 11.7. The monoisotopic (exact) mass is 430 g/mol. The third-order valence-electron chi connectivity index (χ3n) is 4.70. The number of rotatable bonds is 6. The van der Waals surface area contributed by atoms with Crippen molar-refractivity contribution in [1.82, 2.24) is 5.43 Å². The first kappa shape index (κ1) is 22.1. The number of benzene rings is 2. The van der Waals surface area contributed by atoms with Crippen molar-refractivity contribution < 1.29 is 27.1 Å². The molecule has 1 heterocycles. The van der Waals surface area contributed by atoms with Crippen LogP contribution in [0.1, 0.15) is 28.0 Å². The second kappa shape index (κ2) is 9.07. The van der Waals surface area contributed by atoms with Gasteiger partial charge in [0.25, 0.3) is 5.91 Å². The van der Waals surface area contributed by atoms with E-state index >= 15 is 0 Å². The van der Waals surface area contributed by atoms with E-state index in [0.29, 0.717) is 5.75 Å². The van der Waals surface area contributed by atoms with Crippen LogP contribution in [0.4, 0.5) is 13.2 Å². The van der Waals surface area contributed by atoms with E-state index in [1.54, 1.807) is 6.07 Å². The summed E-state index contributed by atoms with van der Waals surface area (Å²) in [5.74, 6) is 0.740. The lowest BCUT2D eigenvalue weighted by Gasteiger charge is -2.13. The lowest BCUT2D eigenvalue weighted by Crippen LogP contribution is -2.25. The topological polar surface area (TPSA) is 63.8 Å². The first-order valence-corrected chi connectivity index (χ1v) is 9.44. The minimum atomic E-state index is -4.44. The van der Waals surface area contributed by atoms with Crippen LogP contribution in [-0.2, 0) is 11.0 Å². The van der Waals surface area contributed by atoms with E-state index in [9.17, 15) is 18.0 Å². The molecule has 0 bridgehead atoms. The summed E-state index contributed by atoms with van der Waals surface area (Å²) in [6.45, 7) is 5.57. The van der Waals surface area contributed by atoms with Gasteiger partial charge in [0.2, 0.25) is 0 Å². The summed E-state index contributed by atoms with van der Waals surface area (Å²) >= 11 is 0. The SMILES string of the molecule is Cc1ccc(C)c(OCC(=O)NN=Cc2ccc(-c3cccc(C(F)(F)F)c3)o2)c1C. The molecule has 3 rings (SSSR count). The van der Waals surface area contributed by atoms with Crippen LogP contribution in [0.2, 0.25) is 0 Å². The number of carbonyl (C=O) groups is 1. The summed E-state index contributed by atoms with van der Waals surface area (Å²) in [5.41, 5.74) is 4.81. The predicted molar refractivity (Wildman–Crippen MR) is 111 cm³/mol. The van der Waals surface area contributed by atoms with Crippen molar-refractivity contribution in [3.8, 4) is 17.1 Å². The smallest absolute Gasteiger partial charge is 0.416 e. The van der Waals surface area contributed by atoms with Crippen LogP contribution in [0.3, 0.4) is 0 Å². The van der Waals surface area contributed by atoms with Crippen LogP contribution >= 0.6 is 0 Å². The summed E-state index contributed by atoms with van der Waals surface area (Å²) in [6, 6.07) is 11.8. The maximum Gasteiger partial charge on any atom is 0.416 e. The molecule has 0 aliphatic carbocycles. The molecule has 8 heteroatoms. The first-order valence-electron chi connectivity index (χ1n) is 9.44. The fraction of sp³-hybridized carbons (Fsp3) is 0.217. The average molecular weight is 430 g/mol. The Kier molecular flexibility index (Phi) is 6.48. The van der Waals surface area contributed by atoms with E-state index in [2.05, 4.69) is 10.5 Å². The van der Waals surface area contributed by atoms with Crippen LogP contribution < -0.4 is 10.2 Å². The van der Waals surface area contributed by atoms with Gasteiger partial charge in [-0.3, -0.25) is 4.79 Å². The highest BCUT2D eigenvalue weighted by Gasteiger charge is 2.30. The Labute approximate surface area is 177 Å². The molecule has 0 aliphatic heterocycles. The molecule has 1 amide bonds. The number of aryl methyl sites for hydroxylation is 2. The molecule has 0 atom stereocenters. The van der Waals surface area contributed by atoms with E-state index in [0.717, 1.165) is 28.8 Å². The number of hydrogen-bond donors (Lipinski definition) is 1. The number of amides is 1. The highest BCUT2D eigenvalue weighted by Crippen LogP contribution is 2.32. The maximum atomic E-state index is 12.9. The maximum absolute atomic E-state index is 12.9. The average Bonchev–Trinajstić information content (AvgIpc) is 3.19. The Balaban J connectivity index is 1.58. The first-order chi connectivity index (χ1) is 14.6. The fourth-order valence-corrected chi connectivity index (χ4v) is 2.91. The van der Waals surface area contributed by atoms with E-state index < -0.39 is 17.6 Å². The molecule has 0 fully saturated rings. The van der Waals surface area contributed by atoms with Gasteiger partial charge in [0.15, 0.2) is 6.61 Å². The lowest BCUT2D eigenvalue weighted by atomic mass is 10.1. The number of nitrogens with zero attached hydrogens (tertiary/aromatic N) is 1. The molecule has 0 saturated carbocycles. The molecule has 0 unspecified atom stereocenters. The van der Waals surface area contributed by atoms with Crippen LogP contribution in [-0.4, -0.2) is 18.7 Å². The lowest BCUT2D eigenvalue weighted by molar-refractivity contribution is -0.137. The zero-order valence-electron chi connectivity index (χ0n) is 17.2. The number of carbonyl (C=O) groups excluding carboxylic acids is 1. The Morgan fingerprint density at radius 2 is 1.84 bits per heavy atom. The Morgan fingerprint density at radius 3 is 2.58 bits per heavy atom. The van der Waals surface area contributed by atoms with Gasteiger partial charge in [-0.15, -0.1) is 0 Å². The van der Waals surface area contributed by atoms with Gasteiger partial charge in [-0.05, 0) is 61.7 Å². The number of alkyl halides is 3. The van der Waals surface area contributed by atoms with Gasteiger partial charge in [-0.25, -0.2) is 5.43 Å². The molecule has 0 radical (unpaired) electrons. The molecule has 162 valence electrons. The van der Waals surface area contributed by atoms with Crippen molar-refractivity contribution in [1.29, 1.82) is 0 Å². The van der Waals surface area contributed by atoms with Gasteiger partial charge in [0.1, 0.15) is 17.3 Å². The van der Waals surface area contributed by atoms with Crippen molar-refractivity contribution >= 4 is 12.1 Å². The third kappa shape index (κ3) is 5.53. The molecule has 31 heavy (non-hydrogen) atoms. The zero-order chi connectivity index (χ0) is 22.6. The van der Waals surface area contributed by atoms with Crippen molar-refractivity contribution in [2.24, 2.45) is 5.10 Å². The predicted octanol–water partition coefficient (Wildman–Crippen LogP) is 5.42. The highest BCUT2D eigenvalue weighted by molar-refractivity contribution is 5.81. The number of hydrogen-bond acceptors (Lipinski definition) is 4. The largest absolute Gasteiger partial charge is 0.483 e. The van der Waals surface area contributed by atoms with Crippen molar-refractivity contribution in [2.45, 2.75) is 26.9 Å². The molecule has 1 aromatic heterocycles. The molecular formula is C23H21F3N2O3. The third-order valence-corrected chi connectivity index (χ3v) is 4.70. The van der Waals surface area contributed by atoms with Crippen molar-refractivity contribution in [3.63, 3.8) is 0 Å². The van der Waals surface area contributed by atoms with Gasteiger partial charge >= 0.3 is 6.18 Å². The van der Waals surface area contributed by atoms with Crippen LogP contribution in [0.5, 0.6) is 5.75 Å². The van der Waals surface area contributed by atoms with Crippen molar-refractivity contribution in [2.75, 3.05) is 6.61 Å². The number of halogens is 3. The molecule has 5 nitrogen and oxygen atoms in total. The molecule has 0 aliphatic rings. The molecule has 1 N–H and O–H groups in total. The molecular weight excluding hydrogens is 409 g/mol. The van der Waals surface area contributed by atoms with Crippen LogP contribution in [0, 0.1) is 20.8 Å². The second-order valence-corrected chi connectivity index (χ2v) is 7.02. The van der Waals surface area contributed by atoms with Crippen LogP contribution in [0.25, 0.3) is 11.3 Å². The van der Waals surface area contributed by atoms with Gasteiger partial charge < -0.3 is 9.15 Å². The second-order valence-electron chi connectivity index (χ2n) is 7.02. The fourth-order valence-electron chi connectivity index (χ4n) is 2.91. The Bertz CT molecular complexity index is 1120. The standard InChI is InChI=1S/C23H21F3N2O3/c1-14-7-8-15(2)22(16(14)3)30-13-21(29)28-27-12-19-9-10-20(31-19)17-5-4-6-18(11-17)23(24,25)26/h4-12H,13H2,1-3H3,(H,28,29). The number of ether oxygens (including phenoxy) is 1. The Morgan fingerprint density at radius 1 is 1.10 bits per heavy atom. The van der Waals surface area contributed by atoms with Gasteiger partial charge in [0.05, 0.1) is 11.8 Å². The summed E-state index contributed by atoms with van der Waals surface area (Å²) < 4.78 is 49.7. The van der Waals surface area contributed by atoms with Crippen LogP contribution in [0.15, 0.2) is 58.0 Å². The number of furan rings is 1. The molecule has 0 spiro atoms. The van der Waals surface area contributed by atoms with E-state index in [4.69, 9.17) is 9.15 Å². The zero-order valence-corrected chi connectivity index (χ0v) is 17.2. The summed E-state index contributed by atoms with van der Waals surface area (Å²) in [4.78, 5) is 12.0. The summed E-state index contributed by atoms with van der Waals surface area (Å²) in [5, 5.41) is 3.80. The van der Waals surface area contributed by atoms with Gasteiger partial charge in [-0.1, -0.05) is 24.3 Å². The van der Waals surface area contributed by atoms with Gasteiger partial charge in [0, 0.05) is 5.56 Å². The number of hydrazone groups is 1. The Hall–Kier alpha value is -3.55. The summed E-state index contributed by atoms with van der Waals surface area (Å²) in [7, 11) is 0. The van der Waals surface area contributed by atoms with E-state index in [1.165, 1.54) is 24.4 Å². The minimum Gasteiger partial charge on any atom is -0.483 e. The minimum absolute atomic E-state index is 0.212. The quantitative estimate of drug-likeness (QED) is 0.420. The number of nitrogens with one attached hydrogen (secondary N) is 1. The molecule has 0 saturated heterocycles. The highest BCUT2D eigenvalue weighted by atomic mass is 19.4. The van der Waals surface area contributed by atoms with Crippen molar-refractivity contribution in [3.05, 3.63) is 76.5 Å². The van der Waals surface area contributed by atoms with E-state index in [1.807, 2.05) is 32.9 Å².